The maximum absolute atomic E-state index is 12.6. The molecule has 0 saturated heterocycles. The summed E-state index contributed by atoms with van der Waals surface area (Å²) in [5, 5.41) is 3.24. The van der Waals surface area contributed by atoms with Crippen LogP contribution in [0, 0.1) is 0 Å². The van der Waals surface area contributed by atoms with Gasteiger partial charge in [-0.15, -0.1) is 0 Å². The highest BCUT2D eigenvalue weighted by Gasteiger charge is 2.19. The van der Waals surface area contributed by atoms with Gasteiger partial charge in [0.1, 0.15) is 5.75 Å². The number of ether oxygens (including phenoxy) is 1. The van der Waals surface area contributed by atoms with Gasteiger partial charge < -0.3 is 15.8 Å². The molecule has 0 bridgehead atoms. The number of carbonyl (C=O) groups is 1. The number of aryl methyl sites for hydroxylation is 1. The zero-order valence-electron chi connectivity index (χ0n) is 16.0. The molecule has 0 aromatic heterocycles. The lowest BCUT2D eigenvalue weighted by Crippen LogP contribution is -2.29. The van der Waals surface area contributed by atoms with Gasteiger partial charge in [-0.1, -0.05) is 49.2 Å². The quantitative estimate of drug-likeness (QED) is 0.656. The van der Waals surface area contributed by atoms with E-state index in [1.54, 1.807) is 0 Å². The first-order chi connectivity index (χ1) is 13.3. The molecule has 1 aliphatic heterocycles. The van der Waals surface area contributed by atoms with Gasteiger partial charge in [0.25, 0.3) is 0 Å². The minimum atomic E-state index is -0.130. The molecule has 1 heterocycles. The average molecular weight is 367 g/mol. The minimum Gasteiger partial charge on any atom is -0.493 e. The maximum atomic E-state index is 12.6. The van der Waals surface area contributed by atoms with Crippen LogP contribution in [-0.4, -0.2) is 19.1 Å². The van der Waals surface area contributed by atoms with Gasteiger partial charge in [-0.3, -0.25) is 4.79 Å². The van der Waals surface area contributed by atoms with E-state index in [-0.39, 0.29) is 11.9 Å². The van der Waals surface area contributed by atoms with Crippen LogP contribution >= 0.6 is 0 Å². The minimum absolute atomic E-state index is 0.102. The third kappa shape index (κ3) is 5.57. The van der Waals surface area contributed by atoms with E-state index in [0.717, 1.165) is 68.6 Å². The number of nitrogens with one attached hydrogen (secondary N) is 1. The second kappa shape index (κ2) is 10.1. The van der Waals surface area contributed by atoms with E-state index >= 15 is 0 Å². The van der Waals surface area contributed by atoms with Crippen molar-refractivity contribution in [1.82, 2.24) is 5.32 Å². The number of hydrogen-bond acceptors (Lipinski definition) is 3. The van der Waals surface area contributed by atoms with Crippen LogP contribution in [0.15, 0.2) is 48.5 Å². The van der Waals surface area contributed by atoms with Crippen molar-refractivity contribution in [1.29, 1.82) is 0 Å². The predicted octanol–water partition coefficient (Wildman–Crippen LogP) is 4.13. The third-order valence-electron chi connectivity index (χ3n) is 5.06. The van der Waals surface area contributed by atoms with E-state index in [4.69, 9.17) is 10.5 Å². The Labute approximate surface area is 162 Å². The van der Waals surface area contributed by atoms with E-state index in [1.165, 1.54) is 5.56 Å². The highest BCUT2D eigenvalue weighted by Crippen LogP contribution is 2.30. The van der Waals surface area contributed by atoms with Crippen LogP contribution in [0.5, 0.6) is 5.75 Å². The number of carbonyl (C=O) groups excluding carboxylic acids is 1. The van der Waals surface area contributed by atoms with Crippen LogP contribution in [0.2, 0.25) is 0 Å². The van der Waals surface area contributed by atoms with Gasteiger partial charge in [-0.05, 0) is 61.1 Å². The fourth-order valence-electron chi connectivity index (χ4n) is 3.58. The van der Waals surface area contributed by atoms with Gasteiger partial charge in [0, 0.05) is 6.42 Å². The molecule has 144 valence electrons. The third-order valence-corrected chi connectivity index (χ3v) is 5.06. The molecular formula is C23H30N2O2. The van der Waals surface area contributed by atoms with Crippen LogP contribution in [-0.2, 0) is 11.2 Å². The van der Waals surface area contributed by atoms with Gasteiger partial charge in [0.2, 0.25) is 5.91 Å². The number of amides is 1. The molecule has 0 aliphatic carbocycles. The fourth-order valence-corrected chi connectivity index (χ4v) is 3.58. The van der Waals surface area contributed by atoms with E-state index in [1.807, 2.05) is 24.3 Å². The number of fused-ring (bicyclic) bond motifs is 1. The molecule has 0 spiro atoms. The molecule has 1 unspecified atom stereocenters. The Morgan fingerprint density at radius 1 is 1.04 bits per heavy atom. The Bertz CT molecular complexity index is 730. The van der Waals surface area contributed by atoms with Crippen molar-refractivity contribution in [2.24, 2.45) is 5.73 Å². The summed E-state index contributed by atoms with van der Waals surface area (Å²) in [4.78, 5) is 12.6. The molecule has 2 aromatic carbocycles. The van der Waals surface area contributed by atoms with Crippen molar-refractivity contribution >= 4 is 5.91 Å². The molecule has 0 saturated carbocycles. The summed E-state index contributed by atoms with van der Waals surface area (Å²) in [7, 11) is 0. The van der Waals surface area contributed by atoms with Gasteiger partial charge >= 0.3 is 0 Å². The lowest BCUT2D eigenvalue weighted by Gasteiger charge is -2.23. The normalized spacial score (nSPS) is 14.1. The molecule has 4 nitrogen and oxygen atoms in total. The van der Waals surface area contributed by atoms with Crippen LogP contribution in [0.25, 0.3) is 0 Å². The van der Waals surface area contributed by atoms with Crippen molar-refractivity contribution in [2.45, 2.75) is 51.0 Å². The average Bonchev–Trinajstić information content (AvgIpc) is 2.72. The first-order valence-electron chi connectivity index (χ1n) is 10.1. The number of benzene rings is 2. The SMILES string of the molecule is NCCCCCCC(=O)NC(c1ccccc1)c1ccc2c(c1)CCCO2. The largest absolute Gasteiger partial charge is 0.493 e. The number of hydrogen-bond donors (Lipinski definition) is 2. The molecule has 1 aliphatic rings. The van der Waals surface area contributed by atoms with Crippen LogP contribution < -0.4 is 15.8 Å². The van der Waals surface area contributed by atoms with Gasteiger partial charge in [-0.2, -0.15) is 0 Å². The molecule has 2 aromatic rings. The second-order valence-electron chi connectivity index (χ2n) is 7.18. The summed E-state index contributed by atoms with van der Waals surface area (Å²) in [6, 6.07) is 16.3. The molecule has 0 fully saturated rings. The van der Waals surface area contributed by atoms with Crippen LogP contribution in [0.3, 0.4) is 0 Å². The molecular weight excluding hydrogens is 336 g/mol. The van der Waals surface area contributed by atoms with Gasteiger partial charge in [-0.25, -0.2) is 0 Å². The highest BCUT2D eigenvalue weighted by atomic mass is 16.5. The Kier molecular flexibility index (Phi) is 7.28. The zero-order chi connectivity index (χ0) is 18.9. The first kappa shape index (κ1) is 19.4. The van der Waals surface area contributed by atoms with E-state index in [9.17, 15) is 4.79 Å². The molecule has 1 atom stereocenters. The smallest absolute Gasteiger partial charge is 0.220 e. The van der Waals surface area contributed by atoms with E-state index in [2.05, 4.69) is 29.6 Å². The monoisotopic (exact) mass is 366 g/mol. The number of rotatable bonds is 9. The number of nitrogens with two attached hydrogens (primary N) is 1. The first-order valence-corrected chi connectivity index (χ1v) is 10.1. The van der Waals surface area contributed by atoms with Gasteiger partial charge in [0.15, 0.2) is 0 Å². The van der Waals surface area contributed by atoms with Crippen molar-refractivity contribution in [2.75, 3.05) is 13.2 Å². The zero-order valence-corrected chi connectivity index (χ0v) is 16.0. The molecule has 3 rings (SSSR count). The molecule has 27 heavy (non-hydrogen) atoms. The Hall–Kier alpha value is -2.33. The Morgan fingerprint density at radius 3 is 2.67 bits per heavy atom. The second-order valence-corrected chi connectivity index (χ2v) is 7.18. The Balaban J connectivity index is 1.71. The summed E-state index contributed by atoms with van der Waals surface area (Å²) in [6.07, 6.45) is 6.72. The summed E-state index contributed by atoms with van der Waals surface area (Å²) in [6.45, 7) is 1.51. The van der Waals surface area contributed by atoms with Gasteiger partial charge in [0.05, 0.1) is 12.6 Å². The molecule has 1 amide bonds. The van der Waals surface area contributed by atoms with Crippen molar-refractivity contribution < 1.29 is 9.53 Å². The molecule has 3 N–H and O–H groups in total. The van der Waals surface area contributed by atoms with Crippen LogP contribution in [0.1, 0.15) is 61.3 Å². The van der Waals surface area contributed by atoms with Crippen molar-refractivity contribution in [3.8, 4) is 5.75 Å². The fraction of sp³-hybridized carbons (Fsp3) is 0.435. The number of unbranched alkanes of at least 4 members (excludes halogenated alkanes) is 3. The van der Waals surface area contributed by atoms with Crippen molar-refractivity contribution in [3.63, 3.8) is 0 Å². The Morgan fingerprint density at radius 2 is 1.85 bits per heavy atom. The van der Waals surface area contributed by atoms with Crippen molar-refractivity contribution in [3.05, 3.63) is 65.2 Å². The van der Waals surface area contributed by atoms with E-state index in [0.29, 0.717) is 6.42 Å². The summed E-state index contributed by atoms with van der Waals surface area (Å²) < 4.78 is 5.73. The standard InChI is InChI=1S/C23H30N2O2/c24-15-7-2-1-6-12-22(26)25-23(18-9-4-3-5-10-18)20-13-14-21-19(17-20)11-8-16-27-21/h3-5,9-10,13-14,17,23H,1-2,6-8,11-12,15-16,24H2,(H,25,26). The van der Waals surface area contributed by atoms with E-state index < -0.39 is 0 Å². The summed E-state index contributed by atoms with van der Waals surface area (Å²) in [5.74, 6) is 1.08. The molecule has 0 radical (unpaired) electrons. The summed E-state index contributed by atoms with van der Waals surface area (Å²) >= 11 is 0. The maximum Gasteiger partial charge on any atom is 0.220 e. The topological polar surface area (TPSA) is 64.4 Å². The van der Waals surface area contributed by atoms with Crippen LogP contribution in [0.4, 0.5) is 0 Å². The lowest BCUT2D eigenvalue weighted by molar-refractivity contribution is -0.121. The lowest BCUT2D eigenvalue weighted by atomic mass is 9.94. The highest BCUT2D eigenvalue weighted by molar-refractivity contribution is 5.77. The molecule has 4 heteroatoms. The summed E-state index contributed by atoms with van der Waals surface area (Å²) in [5.41, 5.74) is 8.97. The predicted molar refractivity (Wildman–Crippen MR) is 109 cm³/mol.